The average molecular weight is 704 g/mol. The van der Waals surface area contributed by atoms with Crippen molar-refractivity contribution in [3.63, 3.8) is 0 Å². The second-order valence-corrected chi connectivity index (χ2v) is 14.5. The number of nitrogens with zero attached hydrogens (tertiary/aromatic N) is 3. The largest absolute Gasteiger partial charge is 0.310 e. The van der Waals surface area contributed by atoms with Gasteiger partial charge >= 0.3 is 0 Å². The Morgan fingerprint density at radius 1 is 0.442 bits per heavy atom. The average Bonchev–Trinajstić information content (AvgIpc) is 3.74. The molecule has 0 radical (unpaired) electrons. The van der Waals surface area contributed by atoms with Crippen LogP contribution < -0.4 is 4.90 Å². The molecule has 0 saturated heterocycles. The summed E-state index contributed by atoms with van der Waals surface area (Å²) in [5.74, 6) is 0. The molecule has 5 heteroatoms. The van der Waals surface area contributed by atoms with Gasteiger partial charge < -0.3 is 9.47 Å². The Labute approximate surface area is 310 Å². The van der Waals surface area contributed by atoms with Gasteiger partial charge in [-0.05, 0) is 89.0 Å². The summed E-state index contributed by atoms with van der Waals surface area (Å²) in [6.45, 7) is 0. The Kier molecular flexibility index (Phi) is 7.38. The minimum atomic E-state index is 0.616. The highest BCUT2D eigenvalue weighted by atomic mass is 35.5. The number of thiophene rings is 1. The van der Waals surface area contributed by atoms with Gasteiger partial charge in [-0.2, -0.15) is 0 Å². The molecule has 0 spiro atoms. The van der Waals surface area contributed by atoms with Gasteiger partial charge in [-0.15, -0.1) is 11.3 Å². The van der Waals surface area contributed by atoms with Crippen molar-refractivity contribution in [1.82, 2.24) is 9.55 Å². The van der Waals surface area contributed by atoms with E-state index in [0.717, 1.165) is 44.9 Å². The number of anilines is 3. The van der Waals surface area contributed by atoms with Gasteiger partial charge in [0.05, 0.1) is 27.9 Å². The normalized spacial score (nSPS) is 11.6. The SMILES string of the molecule is Clc1cncc(-n2c3ccccc3c3cc(-c4ccc(N(c5ccc(-c6ccccc6)cc5)c5ccc6c(c5)sc5ccccc56)cc4)ccc32)c1. The molecule has 10 aromatic rings. The van der Waals surface area contributed by atoms with Gasteiger partial charge in [-0.1, -0.05) is 115 Å². The van der Waals surface area contributed by atoms with Gasteiger partial charge in [0.1, 0.15) is 0 Å². The summed E-state index contributed by atoms with van der Waals surface area (Å²) in [6.07, 6.45) is 3.54. The summed E-state index contributed by atoms with van der Waals surface area (Å²) >= 11 is 8.23. The number of para-hydroxylation sites is 1. The third kappa shape index (κ3) is 5.24. The lowest BCUT2D eigenvalue weighted by Crippen LogP contribution is -2.09. The Morgan fingerprint density at radius 3 is 1.81 bits per heavy atom. The zero-order valence-electron chi connectivity index (χ0n) is 27.9. The summed E-state index contributed by atoms with van der Waals surface area (Å²) < 4.78 is 4.83. The third-order valence-corrected chi connectivity index (χ3v) is 11.3. The molecule has 3 heterocycles. The molecule has 0 amide bonds. The molecule has 0 aliphatic rings. The number of hydrogen-bond acceptors (Lipinski definition) is 3. The molecule has 0 aliphatic carbocycles. The molecule has 52 heavy (non-hydrogen) atoms. The zero-order chi connectivity index (χ0) is 34.6. The first-order valence-electron chi connectivity index (χ1n) is 17.3. The Balaban J connectivity index is 1.07. The molecule has 3 nitrogen and oxygen atoms in total. The Hall–Kier alpha value is -6.20. The lowest BCUT2D eigenvalue weighted by atomic mass is 10.0. The molecule has 3 aromatic heterocycles. The summed E-state index contributed by atoms with van der Waals surface area (Å²) in [7, 11) is 0. The van der Waals surface area contributed by atoms with E-state index in [1.54, 1.807) is 6.20 Å². The minimum absolute atomic E-state index is 0.616. The lowest BCUT2D eigenvalue weighted by molar-refractivity contribution is 1.14. The number of hydrogen-bond donors (Lipinski definition) is 0. The van der Waals surface area contributed by atoms with E-state index in [2.05, 4.69) is 178 Å². The highest BCUT2D eigenvalue weighted by Gasteiger charge is 2.17. The van der Waals surface area contributed by atoms with Crippen molar-refractivity contribution in [2.45, 2.75) is 0 Å². The summed E-state index contributed by atoms with van der Waals surface area (Å²) in [5, 5.41) is 5.60. The molecule has 0 N–H and O–H groups in total. The lowest BCUT2D eigenvalue weighted by Gasteiger charge is -2.26. The minimum Gasteiger partial charge on any atom is -0.310 e. The van der Waals surface area contributed by atoms with Crippen LogP contribution in [0.5, 0.6) is 0 Å². The van der Waals surface area contributed by atoms with Gasteiger partial charge in [0.25, 0.3) is 0 Å². The Bertz CT molecular complexity index is 2910. The highest BCUT2D eigenvalue weighted by Crippen LogP contribution is 2.42. The second-order valence-electron chi connectivity index (χ2n) is 13.0. The number of halogens is 1. The van der Waals surface area contributed by atoms with E-state index in [4.69, 9.17) is 11.6 Å². The van der Waals surface area contributed by atoms with Crippen molar-refractivity contribution < 1.29 is 0 Å². The molecule has 0 fully saturated rings. The van der Waals surface area contributed by atoms with Crippen molar-refractivity contribution in [2.24, 2.45) is 0 Å². The number of aromatic nitrogens is 2. The van der Waals surface area contributed by atoms with Crippen LogP contribution in [0.2, 0.25) is 5.02 Å². The van der Waals surface area contributed by atoms with E-state index >= 15 is 0 Å². The molecule has 7 aromatic carbocycles. The van der Waals surface area contributed by atoms with E-state index in [-0.39, 0.29) is 0 Å². The van der Waals surface area contributed by atoms with Gasteiger partial charge in [0.2, 0.25) is 0 Å². The van der Waals surface area contributed by atoms with Crippen LogP contribution in [0.25, 0.3) is 69.9 Å². The summed E-state index contributed by atoms with van der Waals surface area (Å²) in [5.41, 5.74) is 11.3. The first-order valence-corrected chi connectivity index (χ1v) is 18.5. The summed E-state index contributed by atoms with van der Waals surface area (Å²) in [4.78, 5) is 6.73. The van der Waals surface area contributed by atoms with Crippen LogP contribution in [0.4, 0.5) is 17.1 Å². The number of benzene rings is 7. The van der Waals surface area contributed by atoms with Crippen LogP contribution in [0.1, 0.15) is 0 Å². The van der Waals surface area contributed by atoms with Crippen molar-refractivity contribution >= 4 is 82.0 Å². The first-order chi connectivity index (χ1) is 25.7. The zero-order valence-corrected chi connectivity index (χ0v) is 29.5. The number of rotatable bonds is 6. The van der Waals surface area contributed by atoms with Crippen LogP contribution >= 0.6 is 22.9 Å². The first kappa shape index (κ1) is 30.6. The van der Waals surface area contributed by atoms with Gasteiger partial charge in [-0.3, -0.25) is 4.98 Å². The molecule has 0 saturated carbocycles. The molecule has 0 aliphatic heterocycles. The van der Waals surface area contributed by atoms with E-state index in [0.29, 0.717) is 5.02 Å². The molecule has 246 valence electrons. The van der Waals surface area contributed by atoms with Crippen LogP contribution in [-0.4, -0.2) is 9.55 Å². The topological polar surface area (TPSA) is 21.1 Å². The standard InChI is InChI=1S/C47H30ClN3S/c48-35-27-39(30-49-29-35)51-44-12-6-4-10-40(44)43-26-34(18-25-45(43)51)33-16-21-37(22-17-33)50(36-19-14-32(15-20-36)31-8-2-1-3-9-31)38-23-24-42-41-11-5-7-13-46(41)52-47(42)28-38/h1-30H. The van der Waals surface area contributed by atoms with Crippen LogP contribution in [0, 0.1) is 0 Å². The maximum Gasteiger partial charge on any atom is 0.0660 e. The molecule has 0 bridgehead atoms. The fourth-order valence-corrected chi connectivity index (χ4v) is 8.80. The van der Waals surface area contributed by atoms with Crippen molar-refractivity contribution in [2.75, 3.05) is 4.90 Å². The molecule has 0 unspecified atom stereocenters. The fourth-order valence-electron chi connectivity index (χ4n) is 7.49. The Morgan fingerprint density at radius 2 is 1.04 bits per heavy atom. The van der Waals surface area contributed by atoms with Crippen LogP contribution in [0.15, 0.2) is 182 Å². The quantitative estimate of drug-likeness (QED) is 0.172. The van der Waals surface area contributed by atoms with Crippen LogP contribution in [-0.2, 0) is 0 Å². The van der Waals surface area contributed by atoms with Crippen molar-refractivity contribution in [3.05, 3.63) is 187 Å². The number of fused-ring (bicyclic) bond motifs is 6. The highest BCUT2D eigenvalue weighted by molar-refractivity contribution is 7.25. The molecule has 0 atom stereocenters. The smallest absolute Gasteiger partial charge is 0.0660 e. The van der Waals surface area contributed by atoms with E-state index in [1.807, 2.05) is 23.6 Å². The predicted octanol–water partition coefficient (Wildman–Crippen LogP) is 14.0. The monoisotopic (exact) mass is 703 g/mol. The van der Waals surface area contributed by atoms with E-state index in [1.165, 1.54) is 42.1 Å². The van der Waals surface area contributed by atoms with Crippen LogP contribution in [0.3, 0.4) is 0 Å². The molecular formula is C47H30ClN3S. The van der Waals surface area contributed by atoms with Gasteiger partial charge in [-0.25, -0.2) is 0 Å². The number of pyridine rings is 1. The second kappa shape index (κ2) is 12.5. The van der Waals surface area contributed by atoms with E-state index in [9.17, 15) is 0 Å². The fraction of sp³-hybridized carbons (Fsp3) is 0. The molecular weight excluding hydrogens is 674 g/mol. The maximum absolute atomic E-state index is 6.38. The maximum atomic E-state index is 6.38. The van der Waals surface area contributed by atoms with Crippen molar-refractivity contribution in [3.8, 4) is 27.9 Å². The van der Waals surface area contributed by atoms with Gasteiger partial charge in [0.15, 0.2) is 0 Å². The predicted molar refractivity (Wildman–Crippen MR) is 222 cm³/mol. The third-order valence-electron chi connectivity index (χ3n) is 9.93. The van der Waals surface area contributed by atoms with Gasteiger partial charge in [0, 0.05) is 54.2 Å². The summed E-state index contributed by atoms with van der Waals surface area (Å²) in [6, 6.07) is 61.1. The van der Waals surface area contributed by atoms with E-state index < -0.39 is 0 Å². The molecule has 10 rings (SSSR count). The van der Waals surface area contributed by atoms with Crippen molar-refractivity contribution in [1.29, 1.82) is 0 Å².